The Hall–Kier alpha value is -2.96. The van der Waals surface area contributed by atoms with Crippen LogP contribution in [0, 0.1) is 11.3 Å². The van der Waals surface area contributed by atoms with Crippen molar-refractivity contribution >= 4 is 17.6 Å². The highest BCUT2D eigenvalue weighted by Crippen LogP contribution is 2.27. The molecule has 2 aliphatic rings. The van der Waals surface area contributed by atoms with Crippen molar-refractivity contribution in [2.75, 3.05) is 31.5 Å². The van der Waals surface area contributed by atoms with Crippen molar-refractivity contribution in [3.8, 4) is 0 Å². The average Bonchev–Trinajstić information content (AvgIpc) is 2.74. The second-order valence-electron chi connectivity index (χ2n) is 10.6. The number of anilines is 1. The van der Waals surface area contributed by atoms with Crippen LogP contribution in [0.25, 0.3) is 0 Å². The normalized spacial score (nSPS) is 17.5. The van der Waals surface area contributed by atoms with E-state index in [9.17, 15) is 9.59 Å². The van der Waals surface area contributed by atoms with E-state index in [-0.39, 0.29) is 23.3 Å². The van der Waals surface area contributed by atoms with Crippen LogP contribution >= 0.6 is 0 Å². The number of piperidine rings is 1. The van der Waals surface area contributed by atoms with Crippen LogP contribution < -0.4 is 5.32 Å². The lowest BCUT2D eigenvalue weighted by Crippen LogP contribution is -2.50. The predicted molar refractivity (Wildman–Crippen MR) is 129 cm³/mol. The number of benzene rings is 1. The Morgan fingerprint density at radius 3 is 2.33 bits per heavy atom. The Kier molecular flexibility index (Phi) is 6.96. The molecular weight excluding hydrogens is 414 g/mol. The quantitative estimate of drug-likeness (QED) is 0.737. The van der Waals surface area contributed by atoms with Gasteiger partial charge in [-0.25, -0.2) is 4.79 Å². The van der Waals surface area contributed by atoms with Gasteiger partial charge in [0.05, 0.1) is 5.69 Å². The third-order valence-corrected chi connectivity index (χ3v) is 6.56. The van der Waals surface area contributed by atoms with Crippen LogP contribution in [0.15, 0.2) is 42.6 Å². The highest BCUT2D eigenvalue weighted by molar-refractivity contribution is 5.90. The topological polar surface area (TPSA) is 78.4 Å². The van der Waals surface area contributed by atoms with Crippen molar-refractivity contribution in [1.29, 1.82) is 0 Å². The first kappa shape index (κ1) is 23.2. The number of carbonyl (C=O) groups is 2. The maximum Gasteiger partial charge on any atom is 0.321 e. The first-order valence-electron chi connectivity index (χ1n) is 12.0. The van der Waals surface area contributed by atoms with Crippen LogP contribution in [0.1, 0.15) is 57.2 Å². The van der Waals surface area contributed by atoms with E-state index in [4.69, 9.17) is 0 Å². The number of nitrogens with zero attached hydrogens (tertiary/aromatic N) is 4. The molecule has 4 rings (SSSR count). The molecule has 2 saturated heterocycles. The zero-order chi connectivity index (χ0) is 23.4. The smallest absolute Gasteiger partial charge is 0.321 e. The first-order valence-corrected chi connectivity index (χ1v) is 12.0. The van der Waals surface area contributed by atoms with E-state index in [1.54, 1.807) is 11.1 Å². The van der Waals surface area contributed by atoms with Crippen molar-refractivity contribution in [3.05, 3.63) is 53.9 Å². The summed E-state index contributed by atoms with van der Waals surface area (Å²) in [5.41, 5.74) is 3.07. The molecule has 0 unspecified atom stereocenters. The maximum absolute atomic E-state index is 12.5. The molecule has 2 fully saturated rings. The van der Waals surface area contributed by atoms with Gasteiger partial charge in [0.15, 0.2) is 0 Å². The number of hydrogen-bond donors (Lipinski definition) is 1. The molecule has 2 aliphatic heterocycles. The Bertz CT molecular complexity index is 941. The standard InChI is InChI=1S/C26H35N5O2/c1-26(2,3)16-24(32)30-13-10-20(11-14-30)15-19-6-8-22(9-7-19)28-25(33)31-17-21(18-31)23-5-4-12-27-29-23/h4-9,12,20-21H,10-11,13-18H2,1-3H3,(H,28,33). The second-order valence-corrected chi connectivity index (χ2v) is 10.6. The number of urea groups is 1. The van der Waals surface area contributed by atoms with Crippen LogP contribution in [0.4, 0.5) is 10.5 Å². The minimum atomic E-state index is -0.0739. The van der Waals surface area contributed by atoms with Gasteiger partial charge in [-0.05, 0) is 60.4 Å². The summed E-state index contributed by atoms with van der Waals surface area (Å²) in [6.45, 7) is 9.40. The van der Waals surface area contributed by atoms with Gasteiger partial charge in [-0.1, -0.05) is 32.9 Å². The molecule has 0 bridgehead atoms. The van der Waals surface area contributed by atoms with E-state index in [2.05, 4.69) is 48.4 Å². The van der Waals surface area contributed by atoms with E-state index in [1.165, 1.54) is 5.56 Å². The fourth-order valence-electron chi connectivity index (χ4n) is 4.57. The van der Waals surface area contributed by atoms with Gasteiger partial charge < -0.3 is 15.1 Å². The molecular formula is C26H35N5O2. The molecule has 176 valence electrons. The number of rotatable bonds is 5. The summed E-state index contributed by atoms with van der Waals surface area (Å²) in [5, 5.41) is 11.0. The predicted octanol–water partition coefficient (Wildman–Crippen LogP) is 4.33. The third-order valence-electron chi connectivity index (χ3n) is 6.56. The fraction of sp³-hybridized carbons (Fsp3) is 0.538. The zero-order valence-electron chi connectivity index (χ0n) is 20.0. The van der Waals surface area contributed by atoms with Crippen LogP contribution in [-0.2, 0) is 11.2 Å². The minimum Gasteiger partial charge on any atom is -0.343 e. The number of hydrogen-bond acceptors (Lipinski definition) is 4. The fourth-order valence-corrected chi connectivity index (χ4v) is 4.57. The summed E-state index contributed by atoms with van der Waals surface area (Å²) in [6, 6.07) is 11.9. The van der Waals surface area contributed by atoms with Crippen LogP contribution in [0.2, 0.25) is 0 Å². The van der Waals surface area contributed by atoms with Crippen molar-refractivity contribution in [2.24, 2.45) is 11.3 Å². The number of nitrogens with one attached hydrogen (secondary N) is 1. The van der Waals surface area contributed by atoms with Gasteiger partial charge in [0.1, 0.15) is 0 Å². The van der Waals surface area contributed by atoms with E-state index in [0.717, 1.165) is 43.7 Å². The Balaban J connectivity index is 1.19. The van der Waals surface area contributed by atoms with Gasteiger partial charge in [0, 0.05) is 50.4 Å². The van der Waals surface area contributed by atoms with Gasteiger partial charge >= 0.3 is 6.03 Å². The minimum absolute atomic E-state index is 0.0407. The first-order chi connectivity index (χ1) is 15.8. The Labute approximate surface area is 196 Å². The molecule has 33 heavy (non-hydrogen) atoms. The molecule has 0 aliphatic carbocycles. The maximum atomic E-state index is 12.5. The zero-order valence-corrected chi connectivity index (χ0v) is 20.0. The van der Waals surface area contributed by atoms with Crippen molar-refractivity contribution in [2.45, 2.75) is 52.4 Å². The molecule has 1 N–H and O–H groups in total. The van der Waals surface area contributed by atoms with Crippen LogP contribution in [-0.4, -0.2) is 58.1 Å². The molecule has 0 radical (unpaired) electrons. The summed E-state index contributed by atoms with van der Waals surface area (Å²) < 4.78 is 0. The second kappa shape index (κ2) is 9.89. The summed E-state index contributed by atoms with van der Waals surface area (Å²) in [4.78, 5) is 28.8. The molecule has 2 aromatic rings. The molecule has 7 heteroatoms. The number of carbonyl (C=O) groups excluding carboxylic acids is 2. The average molecular weight is 450 g/mol. The van der Waals surface area contributed by atoms with Gasteiger partial charge in [0.2, 0.25) is 5.91 Å². The largest absolute Gasteiger partial charge is 0.343 e. The third kappa shape index (κ3) is 6.30. The molecule has 0 saturated carbocycles. The molecule has 0 spiro atoms. The summed E-state index contributed by atoms with van der Waals surface area (Å²) in [7, 11) is 0. The molecule has 3 amide bonds. The van der Waals surface area contributed by atoms with Gasteiger partial charge in [-0.2, -0.15) is 10.2 Å². The van der Waals surface area contributed by atoms with E-state index < -0.39 is 0 Å². The lowest BCUT2D eigenvalue weighted by molar-refractivity contribution is -0.134. The molecule has 1 aromatic heterocycles. The Morgan fingerprint density at radius 1 is 1.03 bits per heavy atom. The lowest BCUT2D eigenvalue weighted by Gasteiger charge is -2.38. The van der Waals surface area contributed by atoms with E-state index in [0.29, 0.717) is 25.4 Å². The van der Waals surface area contributed by atoms with Crippen LogP contribution in [0.5, 0.6) is 0 Å². The molecule has 7 nitrogen and oxygen atoms in total. The highest BCUT2D eigenvalue weighted by atomic mass is 16.2. The number of likely N-dealkylation sites (tertiary alicyclic amines) is 2. The summed E-state index contributed by atoms with van der Waals surface area (Å²) in [5.74, 6) is 1.15. The van der Waals surface area contributed by atoms with E-state index >= 15 is 0 Å². The summed E-state index contributed by atoms with van der Waals surface area (Å²) >= 11 is 0. The molecule has 3 heterocycles. The van der Waals surface area contributed by atoms with Crippen molar-refractivity contribution < 1.29 is 9.59 Å². The lowest BCUT2D eigenvalue weighted by atomic mass is 9.88. The Morgan fingerprint density at radius 2 is 1.73 bits per heavy atom. The molecule has 0 atom stereocenters. The summed E-state index contributed by atoms with van der Waals surface area (Å²) in [6.07, 6.45) is 5.39. The van der Waals surface area contributed by atoms with Gasteiger partial charge in [-0.15, -0.1) is 0 Å². The SMILES string of the molecule is CC(C)(C)CC(=O)N1CCC(Cc2ccc(NC(=O)N3CC(c4cccnn4)C3)cc2)CC1. The molecule has 1 aromatic carbocycles. The van der Waals surface area contributed by atoms with Gasteiger partial charge in [-0.3, -0.25) is 4.79 Å². The van der Waals surface area contributed by atoms with E-state index in [1.807, 2.05) is 29.2 Å². The highest BCUT2D eigenvalue weighted by Gasteiger charge is 2.33. The number of aromatic nitrogens is 2. The monoisotopic (exact) mass is 449 g/mol. The van der Waals surface area contributed by atoms with Gasteiger partial charge in [0.25, 0.3) is 0 Å². The van der Waals surface area contributed by atoms with Crippen molar-refractivity contribution in [1.82, 2.24) is 20.0 Å². The van der Waals surface area contributed by atoms with Crippen molar-refractivity contribution in [3.63, 3.8) is 0 Å². The number of amides is 3. The van der Waals surface area contributed by atoms with Crippen LogP contribution in [0.3, 0.4) is 0 Å².